The first-order valence-corrected chi connectivity index (χ1v) is 7.36. The quantitative estimate of drug-likeness (QED) is 0.498. The number of imide groups is 1. The monoisotopic (exact) mass is 356 g/mol. The van der Waals surface area contributed by atoms with Crippen LogP contribution in [0.2, 0.25) is 0 Å². The maximum atomic E-state index is 13.6. The first-order chi connectivity index (χ1) is 12.3. The van der Waals surface area contributed by atoms with Crippen LogP contribution in [0.3, 0.4) is 0 Å². The van der Waals surface area contributed by atoms with Crippen molar-refractivity contribution in [2.45, 2.75) is 6.92 Å². The number of nitriles is 1. The van der Waals surface area contributed by atoms with Gasteiger partial charge in [0, 0.05) is 24.9 Å². The van der Waals surface area contributed by atoms with Crippen LogP contribution in [-0.4, -0.2) is 11.8 Å². The molecule has 0 spiro atoms. The van der Waals surface area contributed by atoms with E-state index in [1.807, 2.05) is 0 Å². The van der Waals surface area contributed by atoms with E-state index in [-0.39, 0.29) is 11.4 Å². The third-order valence-corrected chi connectivity index (χ3v) is 3.32. The molecule has 0 atom stereocenters. The zero-order chi connectivity index (χ0) is 19.3. The van der Waals surface area contributed by atoms with E-state index < -0.39 is 29.0 Å². The number of rotatable bonds is 4. The van der Waals surface area contributed by atoms with Crippen LogP contribution in [-0.2, 0) is 9.59 Å². The van der Waals surface area contributed by atoms with E-state index in [0.717, 1.165) is 30.2 Å². The predicted molar refractivity (Wildman–Crippen MR) is 92.7 cm³/mol. The Kier molecular flexibility index (Phi) is 5.65. The third-order valence-electron chi connectivity index (χ3n) is 3.32. The first-order valence-electron chi connectivity index (χ1n) is 7.36. The zero-order valence-corrected chi connectivity index (χ0v) is 13.7. The molecule has 2 aromatic rings. The summed E-state index contributed by atoms with van der Waals surface area (Å²) in [6.45, 7) is 1.16. The molecular weight excluding hydrogens is 342 g/mol. The van der Waals surface area contributed by atoms with Gasteiger partial charge in [0.05, 0.1) is 11.4 Å². The van der Waals surface area contributed by atoms with Crippen LogP contribution >= 0.6 is 0 Å². The van der Waals surface area contributed by atoms with E-state index in [2.05, 4.69) is 5.32 Å². The SMILES string of the molecule is CC(=O)N(C(=O)/C(C#N)=C\Nc1ccc(F)cc1F)c1ccc(N)cc1. The molecule has 132 valence electrons. The number of nitrogens with two attached hydrogens (primary N) is 1. The minimum absolute atomic E-state index is 0.131. The summed E-state index contributed by atoms with van der Waals surface area (Å²) >= 11 is 0. The Morgan fingerprint density at radius 3 is 2.38 bits per heavy atom. The summed E-state index contributed by atoms with van der Waals surface area (Å²) in [5.74, 6) is -3.18. The molecule has 2 amide bonds. The Hall–Kier alpha value is -3.73. The highest BCUT2D eigenvalue weighted by atomic mass is 19.1. The van der Waals surface area contributed by atoms with Crippen molar-refractivity contribution in [3.8, 4) is 6.07 Å². The van der Waals surface area contributed by atoms with Crippen molar-refractivity contribution >= 4 is 28.9 Å². The van der Waals surface area contributed by atoms with E-state index in [1.54, 1.807) is 6.07 Å². The van der Waals surface area contributed by atoms with Crippen molar-refractivity contribution in [1.29, 1.82) is 5.26 Å². The third kappa shape index (κ3) is 4.21. The molecule has 26 heavy (non-hydrogen) atoms. The topological polar surface area (TPSA) is 99.2 Å². The molecule has 3 N–H and O–H groups in total. The van der Waals surface area contributed by atoms with Crippen LogP contribution in [0.5, 0.6) is 0 Å². The molecule has 2 aromatic carbocycles. The summed E-state index contributed by atoms with van der Waals surface area (Å²) in [7, 11) is 0. The maximum Gasteiger partial charge on any atom is 0.277 e. The van der Waals surface area contributed by atoms with Gasteiger partial charge >= 0.3 is 0 Å². The second kappa shape index (κ2) is 7.90. The lowest BCUT2D eigenvalue weighted by molar-refractivity contribution is -0.123. The van der Waals surface area contributed by atoms with Crippen molar-refractivity contribution in [2.75, 3.05) is 16.0 Å². The number of anilines is 3. The summed E-state index contributed by atoms with van der Waals surface area (Å²) in [6, 6.07) is 10.3. The number of nitrogens with one attached hydrogen (secondary N) is 1. The molecule has 0 aliphatic carbocycles. The van der Waals surface area contributed by atoms with Crippen molar-refractivity contribution in [1.82, 2.24) is 0 Å². The predicted octanol–water partition coefficient (Wildman–Crippen LogP) is 2.95. The Bertz CT molecular complexity index is 918. The average Bonchev–Trinajstić information content (AvgIpc) is 2.58. The number of carbonyl (C=O) groups excluding carboxylic acids is 2. The summed E-state index contributed by atoms with van der Waals surface area (Å²) in [4.78, 5) is 25.2. The van der Waals surface area contributed by atoms with Crippen LogP contribution in [0, 0.1) is 23.0 Å². The van der Waals surface area contributed by atoms with Crippen molar-refractivity contribution in [3.63, 3.8) is 0 Å². The number of nitrogens with zero attached hydrogens (tertiary/aromatic N) is 2. The molecule has 6 nitrogen and oxygen atoms in total. The Labute approximate surface area is 148 Å². The molecule has 0 aliphatic rings. The van der Waals surface area contributed by atoms with Gasteiger partial charge in [-0.05, 0) is 36.4 Å². The van der Waals surface area contributed by atoms with Crippen molar-refractivity contribution < 1.29 is 18.4 Å². The van der Waals surface area contributed by atoms with E-state index in [1.165, 1.54) is 24.3 Å². The minimum Gasteiger partial charge on any atom is -0.399 e. The number of carbonyl (C=O) groups is 2. The molecule has 0 saturated carbocycles. The Balaban J connectivity index is 2.31. The highest BCUT2D eigenvalue weighted by molar-refractivity contribution is 6.21. The van der Waals surface area contributed by atoms with E-state index in [4.69, 9.17) is 5.73 Å². The second-order valence-electron chi connectivity index (χ2n) is 5.19. The fourth-order valence-electron chi connectivity index (χ4n) is 2.08. The molecule has 0 fully saturated rings. The summed E-state index contributed by atoms with van der Waals surface area (Å²) in [5, 5.41) is 11.6. The van der Waals surface area contributed by atoms with Crippen LogP contribution in [0.4, 0.5) is 25.8 Å². The van der Waals surface area contributed by atoms with Gasteiger partial charge in [0.25, 0.3) is 5.91 Å². The van der Waals surface area contributed by atoms with E-state index >= 15 is 0 Å². The molecule has 0 aromatic heterocycles. The van der Waals surface area contributed by atoms with Gasteiger partial charge in [-0.2, -0.15) is 5.26 Å². The van der Waals surface area contributed by atoms with Gasteiger partial charge in [-0.15, -0.1) is 0 Å². The molecule has 0 aliphatic heterocycles. The maximum absolute atomic E-state index is 13.6. The number of amides is 2. The molecule has 0 bridgehead atoms. The summed E-state index contributed by atoms with van der Waals surface area (Å²) < 4.78 is 26.5. The first kappa shape index (κ1) is 18.6. The van der Waals surface area contributed by atoms with Crippen LogP contribution < -0.4 is 16.0 Å². The van der Waals surface area contributed by atoms with Crippen molar-refractivity contribution in [3.05, 3.63) is 65.9 Å². The van der Waals surface area contributed by atoms with Crippen molar-refractivity contribution in [2.24, 2.45) is 0 Å². The summed E-state index contributed by atoms with van der Waals surface area (Å²) in [6.07, 6.45) is 0.950. The van der Waals surface area contributed by atoms with Gasteiger partial charge in [-0.3, -0.25) is 9.59 Å². The Morgan fingerprint density at radius 2 is 1.85 bits per heavy atom. The molecule has 0 saturated heterocycles. The van der Waals surface area contributed by atoms with Gasteiger partial charge in [-0.25, -0.2) is 13.7 Å². The van der Waals surface area contributed by atoms with Gasteiger partial charge < -0.3 is 11.1 Å². The standard InChI is InChI=1S/C18H14F2N4O2/c1-11(25)24(15-5-3-14(22)4-6-15)18(26)12(9-21)10-23-17-7-2-13(19)8-16(17)20/h2-8,10,23H,22H2,1H3/b12-10-. The molecule has 0 unspecified atom stereocenters. The molecule has 0 radical (unpaired) electrons. The lowest BCUT2D eigenvalue weighted by Crippen LogP contribution is -2.36. The largest absolute Gasteiger partial charge is 0.399 e. The summed E-state index contributed by atoms with van der Waals surface area (Å²) in [5.41, 5.74) is 5.67. The number of hydrogen-bond acceptors (Lipinski definition) is 5. The number of halogens is 2. The van der Waals surface area contributed by atoms with E-state index in [0.29, 0.717) is 11.8 Å². The highest BCUT2D eigenvalue weighted by Gasteiger charge is 2.24. The minimum atomic E-state index is -0.903. The molecular formula is C18H14F2N4O2. The van der Waals surface area contributed by atoms with Gasteiger partial charge in [0.2, 0.25) is 5.91 Å². The smallest absolute Gasteiger partial charge is 0.277 e. The van der Waals surface area contributed by atoms with E-state index in [9.17, 15) is 23.6 Å². The molecule has 2 rings (SSSR count). The highest BCUT2D eigenvalue weighted by Crippen LogP contribution is 2.20. The fraction of sp³-hybridized carbons (Fsp3) is 0.0556. The number of nitrogen functional groups attached to an aromatic ring is 1. The fourth-order valence-corrected chi connectivity index (χ4v) is 2.08. The van der Waals surface area contributed by atoms with Crippen LogP contribution in [0.25, 0.3) is 0 Å². The molecule has 0 heterocycles. The number of hydrogen-bond donors (Lipinski definition) is 2. The molecule has 8 heteroatoms. The normalized spacial score (nSPS) is 10.8. The van der Waals surface area contributed by atoms with Gasteiger partial charge in [-0.1, -0.05) is 0 Å². The van der Waals surface area contributed by atoms with Gasteiger partial charge in [0.15, 0.2) is 0 Å². The van der Waals surface area contributed by atoms with Gasteiger partial charge in [0.1, 0.15) is 23.3 Å². The Morgan fingerprint density at radius 1 is 1.19 bits per heavy atom. The lowest BCUT2D eigenvalue weighted by Gasteiger charge is -2.19. The van der Waals surface area contributed by atoms with Crippen LogP contribution in [0.1, 0.15) is 6.92 Å². The lowest BCUT2D eigenvalue weighted by atomic mass is 10.2. The zero-order valence-electron chi connectivity index (χ0n) is 13.7. The number of benzene rings is 2. The van der Waals surface area contributed by atoms with Crippen LogP contribution in [0.15, 0.2) is 54.2 Å². The average molecular weight is 356 g/mol. The second-order valence-corrected chi connectivity index (χ2v) is 5.19.